The Labute approximate surface area is 172 Å². The van der Waals surface area contributed by atoms with E-state index in [-0.39, 0.29) is 25.4 Å². The second-order valence-corrected chi connectivity index (χ2v) is 7.21. The Balaban J connectivity index is 2.15. The zero-order chi connectivity index (χ0) is 21.4. The lowest BCUT2D eigenvalue weighted by Gasteiger charge is -2.33. The summed E-state index contributed by atoms with van der Waals surface area (Å²) >= 11 is 0. The van der Waals surface area contributed by atoms with Crippen LogP contribution in [0.2, 0.25) is 0 Å². The van der Waals surface area contributed by atoms with Crippen molar-refractivity contribution in [1.82, 2.24) is 10.6 Å². The highest BCUT2D eigenvalue weighted by Crippen LogP contribution is 2.13. The van der Waals surface area contributed by atoms with Crippen molar-refractivity contribution in [3.63, 3.8) is 0 Å². The molecule has 1 rings (SSSR count). The van der Waals surface area contributed by atoms with Crippen LogP contribution < -0.4 is 10.6 Å². The minimum absolute atomic E-state index is 0.0170. The summed E-state index contributed by atoms with van der Waals surface area (Å²) in [5.74, 6) is -2.85. The molecule has 1 atom stereocenters. The number of dihydropyridines is 1. The first-order valence-electron chi connectivity index (χ1n) is 10.4. The molecule has 0 spiro atoms. The van der Waals surface area contributed by atoms with Gasteiger partial charge in [-0.15, -0.1) is 0 Å². The Kier molecular flexibility index (Phi) is 12.4. The number of rotatable bonds is 17. The number of hydrogen-bond acceptors (Lipinski definition) is 5. The molecule has 29 heavy (non-hydrogen) atoms. The number of carboxylic acids is 2. The van der Waals surface area contributed by atoms with Crippen molar-refractivity contribution in [1.29, 1.82) is 0 Å². The van der Waals surface area contributed by atoms with Gasteiger partial charge in [0.1, 0.15) is 0 Å². The molecule has 0 radical (unpaired) electrons. The molecule has 0 aliphatic carbocycles. The number of ether oxygens (including phenoxy) is 1. The second kappa shape index (κ2) is 14.6. The van der Waals surface area contributed by atoms with Crippen LogP contribution in [-0.4, -0.2) is 40.5 Å². The average Bonchev–Trinajstić information content (AvgIpc) is 2.67. The fourth-order valence-corrected chi connectivity index (χ4v) is 3.02. The van der Waals surface area contributed by atoms with Gasteiger partial charge in [0.2, 0.25) is 11.8 Å². The molecule has 8 heteroatoms. The molecule has 0 bridgehead atoms. The van der Waals surface area contributed by atoms with E-state index in [0.29, 0.717) is 12.8 Å². The minimum atomic E-state index is -1.12. The van der Waals surface area contributed by atoms with Crippen molar-refractivity contribution >= 4 is 17.8 Å². The Morgan fingerprint density at radius 2 is 1.34 bits per heavy atom. The molecule has 0 fully saturated rings. The fraction of sp³-hybridized carbons (Fsp3) is 0.667. The molecule has 4 N–H and O–H groups in total. The second-order valence-electron chi connectivity index (χ2n) is 7.21. The SMILES string of the molecule is O=C(O)CCCCCCCCCCC(=O)NC1(OCCCC(=O)O)C=CC=CN1. The van der Waals surface area contributed by atoms with Gasteiger partial charge in [-0.1, -0.05) is 44.6 Å². The van der Waals surface area contributed by atoms with E-state index in [9.17, 15) is 14.4 Å². The van der Waals surface area contributed by atoms with Gasteiger partial charge in [0.25, 0.3) is 0 Å². The van der Waals surface area contributed by atoms with E-state index in [1.807, 2.05) is 0 Å². The zero-order valence-electron chi connectivity index (χ0n) is 17.0. The lowest BCUT2D eigenvalue weighted by atomic mass is 10.1. The monoisotopic (exact) mass is 410 g/mol. The van der Waals surface area contributed by atoms with Gasteiger partial charge in [0.15, 0.2) is 0 Å². The number of unbranched alkanes of at least 4 members (excludes halogenated alkanes) is 7. The van der Waals surface area contributed by atoms with E-state index in [4.69, 9.17) is 14.9 Å². The molecule has 1 aliphatic heterocycles. The van der Waals surface area contributed by atoms with Gasteiger partial charge >= 0.3 is 11.9 Å². The molecule has 0 aromatic heterocycles. The number of carbonyl (C=O) groups is 3. The number of carboxylic acid groups (broad SMARTS) is 2. The molecule has 1 heterocycles. The minimum Gasteiger partial charge on any atom is -0.481 e. The predicted molar refractivity (Wildman–Crippen MR) is 109 cm³/mol. The molecule has 164 valence electrons. The van der Waals surface area contributed by atoms with Crippen molar-refractivity contribution in [2.24, 2.45) is 0 Å². The molecule has 0 saturated carbocycles. The maximum Gasteiger partial charge on any atom is 0.303 e. The van der Waals surface area contributed by atoms with E-state index in [1.54, 1.807) is 24.4 Å². The highest BCUT2D eigenvalue weighted by Gasteiger charge is 2.29. The standard InChI is InChI=1S/C21H34N2O6/c24-18(12-7-5-3-1-2-4-6-8-13-19(25)26)23-21(15-9-10-16-22-21)29-17-11-14-20(27)28/h9-10,15-16,22H,1-8,11-14,17H2,(H,23,24)(H,25,26)(H,27,28). The summed E-state index contributed by atoms with van der Waals surface area (Å²) in [6.07, 6.45) is 15.7. The maximum absolute atomic E-state index is 12.3. The smallest absolute Gasteiger partial charge is 0.303 e. The number of aliphatic carboxylic acids is 2. The van der Waals surface area contributed by atoms with Crippen molar-refractivity contribution in [2.45, 2.75) is 82.9 Å². The van der Waals surface area contributed by atoms with E-state index < -0.39 is 17.8 Å². The number of carbonyl (C=O) groups excluding carboxylic acids is 1. The quantitative estimate of drug-likeness (QED) is 0.214. The Morgan fingerprint density at radius 1 is 0.793 bits per heavy atom. The highest BCUT2D eigenvalue weighted by atomic mass is 16.5. The lowest BCUT2D eigenvalue weighted by molar-refractivity contribution is -0.139. The topological polar surface area (TPSA) is 125 Å². The Morgan fingerprint density at radius 3 is 1.90 bits per heavy atom. The summed E-state index contributed by atoms with van der Waals surface area (Å²) in [5, 5.41) is 23.1. The van der Waals surface area contributed by atoms with Gasteiger partial charge in [-0.3, -0.25) is 14.4 Å². The van der Waals surface area contributed by atoms with Crippen LogP contribution >= 0.6 is 0 Å². The average molecular weight is 411 g/mol. The fourth-order valence-electron chi connectivity index (χ4n) is 3.02. The van der Waals surface area contributed by atoms with E-state index in [1.165, 1.54) is 0 Å². The van der Waals surface area contributed by atoms with Crippen LogP contribution in [0.3, 0.4) is 0 Å². The molecule has 0 aromatic carbocycles. The predicted octanol–water partition coefficient (Wildman–Crippen LogP) is 3.30. The molecule has 8 nitrogen and oxygen atoms in total. The molecule has 0 saturated heterocycles. The van der Waals surface area contributed by atoms with Crippen LogP contribution in [0.4, 0.5) is 0 Å². The zero-order valence-corrected chi connectivity index (χ0v) is 17.0. The van der Waals surface area contributed by atoms with Crippen LogP contribution in [0, 0.1) is 0 Å². The lowest BCUT2D eigenvalue weighted by Crippen LogP contribution is -2.58. The van der Waals surface area contributed by atoms with E-state index in [0.717, 1.165) is 51.4 Å². The largest absolute Gasteiger partial charge is 0.481 e. The van der Waals surface area contributed by atoms with Crippen molar-refractivity contribution < 1.29 is 29.3 Å². The maximum atomic E-state index is 12.3. The van der Waals surface area contributed by atoms with Crippen LogP contribution in [0.15, 0.2) is 24.4 Å². The first-order valence-corrected chi connectivity index (χ1v) is 10.4. The van der Waals surface area contributed by atoms with Gasteiger partial charge < -0.3 is 25.6 Å². The normalized spacial score (nSPS) is 17.7. The van der Waals surface area contributed by atoms with Gasteiger partial charge in [0, 0.05) is 25.5 Å². The first kappa shape index (κ1) is 24.7. The molecule has 1 amide bonds. The van der Waals surface area contributed by atoms with Crippen molar-refractivity contribution in [2.75, 3.05) is 6.61 Å². The van der Waals surface area contributed by atoms with Gasteiger partial charge in [-0.25, -0.2) is 0 Å². The summed E-state index contributed by atoms with van der Waals surface area (Å²) in [5.41, 5.74) is 0. The van der Waals surface area contributed by atoms with Crippen molar-refractivity contribution in [3.05, 3.63) is 24.4 Å². The number of amides is 1. The third kappa shape index (κ3) is 12.7. The first-order chi connectivity index (χ1) is 13.9. The number of hydrogen-bond donors (Lipinski definition) is 4. The Bertz CT molecular complexity index is 576. The third-order valence-electron chi connectivity index (χ3n) is 4.57. The molecule has 0 aromatic rings. The summed E-state index contributed by atoms with van der Waals surface area (Å²) in [6, 6.07) is 0. The van der Waals surface area contributed by atoms with Crippen LogP contribution in [-0.2, 0) is 19.1 Å². The van der Waals surface area contributed by atoms with E-state index in [2.05, 4.69) is 10.6 Å². The van der Waals surface area contributed by atoms with E-state index >= 15 is 0 Å². The van der Waals surface area contributed by atoms with Gasteiger partial charge in [-0.2, -0.15) is 0 Å². The summed E-state index contributed by atoms with van der Waals surface area (Å²) in [7, 11) is 0. The highest BCUT2D eigenvalue weighted by molar-refractivity contribution is 5.76. The van der Waals surface area contributed by atoms with Gasteiger partial charge in [-0.05, 0) is 31.4 Å². The molecular formula is C21H34N2O6. The summed E-state index contributed by atoms with van der Waals surface area (Å²) < 4.78 is 5.72. The van der Waals surface area contributed by atoms with Crippen LogP contribution in [0.5, 0.6) is 0 Å². The van der Waals surface area contributed by atoms with Crippen LogP contribution in [0.1, 0.15) is 77.0 Å². The third-order valence-corrected chi connectivity index (χ3v) is 4.57. The molecule has 1 aliphatic rings. The summed E-state index contributed by atoms with van der Waals surface area (Å²) in [6.45, 7) is 0.213. The molecular weight excluding hydrogens is 376 g/mol. The van der Waals surface area contributed by atoms with Crippen LogP contribution in [0.25, 0.3) is 0 Å². The summed E-state index contributed by atoms with van der Waals surface area (Å²) in [4.78, 5) is 33.3. The Hall–Kier alpha value is -2.35. The number of nitrogens with one attached hydrogen (secondary N) is 2. The molecule has 1 unspecified atom stereocenters. The van der Waals surface area contributed by atoms with Gasteiger partial charge in [0.05, 0.1) is 6.61 Å². The van der Waals surface area contributed by atoms with Crippen molar-refractivity contribution in [3.8, 4) is 0 Å². The number of allylic oxidation sites excluding steroid dienone is 2.